The number of fused-ring (bicyclic) bond motifs is 1. The zero-order valence-electron chi connectivity index (χ0n) is 14.3. The molecule has 0 aliphatic carbocycles. The highest BCUT2D eigenvalue weighted by Crippen LogP contribution is 2.17. The highest BCUT2D eigenvalue weighted by molar-refractivity contribution is 7.99. The summed E-state index contributed by atoms with van der Waals surface area (Å²) in [6.07, 6.45) is 1.89. The number of pyridine rings is 1. The second kappa shape index (κ2) is 8.02. The van der Waals surface area contributed by atoms with E-state index >= 15 is 0 Å². The zero-order chi connectivity index (χ0) is 17.6. The van der Waals surface area contributed by atoms with Gasteiger partial charge in [-0.25, -0.2) is 4.79 Å². The van der Waals surface area contributed by atoms with E-state index in [1.807, 2.05) is 35.7 Å². The van der Waals surface area contributed by atoms with Crippen LogP contribution in [0.25, 0.3) is 5.65 Å². The maximum Gasteiger partial charge on any atom is 0.315 e. The van der Waals surface area contributed by atoms with Crippen molar-refractivity contribution in [3.05, 3.63) is 60.0 Å². The van der Waals surface area contributed by atoms with Gasteiger partial charge in [-0.15, -0.1) is 22.0 Å². The Bertz CT molecular complexity index is 846. The van der Waals surface area contributed by atoms with Crippen LogP contribution < -0.4 is 10.6 Å². The summed E-state index contributed by atoms with van der Waals surface area (Å²) in [5.41, 5.74) is 2.01. The van der Waals surface area contributed by atoms with Crippen molar-refractivity contribution in [3.8, 4) is 0 Å². The molecule has 0 saturated carbocycles. The molecule has 130 valence electrons. The first-order valence-electron chi connectivity index (χ1n) is 8.17. The Morgan fingerprint density at radius 1 is 1.20 bits per heavy atom. The largest absolute Gasteiger partial charge is 0.337 e. The summed E-state index contributed by atoms with van der Waals surface area (Å²) in [6, 6.07) is 13.6. The van der Waals surface area contributed by atoms with Crippen molar-refractivity contribution in [2.45, 2.75) is 24.8 Å². The van der Waals surface area contributed by atoms with E-state index in [0.29, 0.717) is 12.4 Å². The van der Waals surface area contributed by atoms with E-state index in [1.165, 1.54) is 10.5 Å². The molecule has 0 spiro atoms. The Morgan fingerprint density at radius 3 is 2.80 bits per heavy atom. The van der Waals surface area contributed by atoms with Gasteiger partial charge >= 0.3 is 6.03 Å². The predicted octanol–water partition coefficient (Wildman–Crippen LogP) is 3.19. The Balaban J connectivity index is 1.45. The van der Waals surface area contributed by atoms with Gasteiger partial charge in [0, 0.05) is 23.4 Å². The Morgan fingerprint density at radius 2 is 2.00 bits per heavy atom. The lowest BCUT2D eigenvalue weighted by Crippen LogP contribution is -2.38. The Kier molecular flexibility index (Phi) is 5.55. The third-order valence-electron chi connectivity index (χ3n) is 3.75. The van der Waals surface area contributed by atoms with Gasteiger partial charge in [-0.2, -0.15) is 0 Å². The molecule has 0 aliphatic rings. The molecule has 25 heavy (non-hydrogen) atoms. The fourth-order valence-electron chi connectivity index (χ4n) is 2.44. The van der Waals surface area contributed by atoms with Crippen LogP contribution in [0.5, 0.6) is 0 Å². The maximum atomic E-state index is 12.1. The van der Waals surface area contributed by atoms with Crippen molar-refractivity contribution in [2.24, 2.45) is 0 Å². The monoisotopic (exact) mass is 355 g/mol. The molecule has 0 bridgehead atoms. The standard InChI is InChI=1S/C18H21N5OS/c1-13-6-8-15(9-7-13)25-12-10-19-18(24)20-14(2)17-22-21-16-5-3-4-11-23(16)17/h3-9,11,14H,10,12H2,1-2H3,(H2,19,20,24). The minimum Gasteiger partial charge on any atom is -0.337 e. The van der Waals surface area contributed by atoms with Gasteiger partial charge in [-0.3, -0.25) is 4.40 Å². The smallest absolute Gasteiger partial charge is 0.315 e. The molecule has 0 fully saturated rings. The molecule has 2 heterocycles. The normalized spacial score (nSPS) is 12.1. The van der Waals surface area contributed by atoms with Gasteiger partial charge in [0.05, 0.1) is 6.04 Å². The van der Waals surface area contributed by atoms with Gasteiger partial charge in [-0.1, -0.05) is 23.8 Å². The number of thioether (sulfide) groups is 1. The van der Waals surface area contributed by atoms with Crippen LogP contribution >= 0.6 is 11.8 Å². The molecule has 0 radical (unpaired) electrons. The molecular weight excluding hydrogens is 334 g/mol. The second-order valence-electron chi connectivity index (χ2n) is 5.77. The average Bonchev–Trinajstić information content (AvgIpc) is 3.04. The summed E-state index contributed by atoms with van der Waals surface area (Å²) in [6.45, 7) is 4.56. The predicted molar refractivity (Wildman–Crippen MR) is 99.8 cm³/mol. The number of carbonyl (C=O) groups excluding carboxylic acids is 1. The molecule has 2 amide bonds. The van der Waals surface area contributed by atoms with Gasteiger partial charge in [-0.05, 0) is 38.1 Å². The number of aryl methyl sites for hydroxylation is 1. The van der Waals surface area contributed by atoms with E-state index in [9.17, 15) is 4.79 Å². The van der Waals surface area contributed by atoms with Crippen molar-refractivity contribution in [1.29, 1.82) is 0 Å². The zero-order valence-corrected chi connectivity index (χ0v) is 15.1. The van der Waals surface area contributed by atoms with Crippen LogP contribution in [0.1, 0.15) is 24.4 Å². The minimum absolute atomic E-state index is 0.204. The molecule has 1 aromatic carbocycles. The summed E-state index contributed by atoms with van der Waals surface area (Å²) < 4.78 is 1.87. The molecule has 0 saturated heterocycles. The Labute approximate surface area is 151 Å². The fourth-order valence-corrected chi connectivity index (χ4v) is 3.20. The molecule has 2 aromatic heterocycles. The number of carbonyl (C=O) groups is 1. The van der Waals surface area contributed by atoms with Crippen LogP contribution in [0.4, 0.5) is 4.79 Å². The number of urea groups is 1. The van der Waals surface area contributed by atoms with E-state index in [1.54, 1.807) is 11.8 Å². The van der Waals surface area contributed by atoms with Crippen LogP contribution in [-0.2, 0) is 0 Å². The minimum atomic E-state index is -0.234. The van der Waals surface area contributed by atoms with Crippen LogP contribution in [0.3, 0.4) is 0 Å². The molecule has 1 unspecified atom stereocenters. The van der Waals surface area contributed by atoms with Crippen molar-refractivity contribution in [3.63, 3.8) is 0 Å². The van der Waals surface area contributed by atoms with Crippen molar-refractivity contribution in [2.75, 3.05) is 12.3 Å². The highest BCUT2D eigenvalue weighted by atomic mass is 32.2. The Hall–Kier alpha value is -2.54. The van der Waals surface area contributed by atoms with Crippen molar-refractivity contribution in [1.82, 2.24) is 25.2 Å². The van der Waals surface area contributed by atoms with E-state index in [4.69, 9.17) is 0 Å². The first-order chi connectivity index (χ1) is 12.1. The number of amides is 2. The van der Waals surface area contributed by atoms with Crippen LogP contribution in [0.15, 0.2) is 53.6 Å². The van der Waals surface area contributed by atoms with E-state index in [-0.39, 0.29) is 12.1 Å². The number of nitrogens with one attached hydrogen (secondary N) is 2. The first-order valence-corrected chi connectivity index (χ1v) is 9.15. The highest BCUT2D eigenvalue weighted by Gasteiger charge is 2.15. The average molecular weight is 355 g/mol. The number of benzene rings is 1. The maximum absolute atomic E-state index is 12.1. The lowest BCUT2D eigenvalue weighted by Gasteiger charge is -2.13. The van der Waals surface area contributed by atoms with Crippen LogP contribution in [0, 0.1) is 6.92 Å². The van der Waals surface area contributed by atoms with Crippen LogP contribution in [-0.4, -0.2) is 32.9 Å². The van der Waals surface area contributed by atoms with Crippen molar-refractivity contribution < 1.29 is 4.79 Å². The molecular formula is C18H21N5OS. The van der Waals surface area contributed by atoms with Gasteiger partial charge in [0.2, 0.25) is 0 Å². The summed E-state index contributed by atoms with van der Waals surface area (Å²) in [5, 5.41) is 14.0. The van der Waals surface area contributed by atoms with E-state index in [2.05, 4.69) is 52.0 Å². The lowest BCUT2D eigenvalue weighted by atomic mass is 10.2. The number of nitrogens with zero attached hydrogens (tertiary/aromatic N) is 3. The van der Waals surface area contributed by atoms with E-state index in [0.717, 1.165) is 11.4 Å². The summed E-state index contributed by atoms with van der Waals surface area (Å²) in [5.74, 6) is 1.53. The summed E-state index contributed by atoms with van der Waals surface area (Å²) in [7, 11) is 0. The third-order valence-corrected chi connectivity index (χ3v) is 4.77. The number of rotatable bonds is 6. The first kappa shape index (κ1) is 17.3. The quantitative estimate of drug-likeness (QED) is 0.526. The lowest BCUT2D eigenvalue weighted by molar-refractivity contribution is 0.238. The number of hydrogen-bond donors (Lipinski definition) is 2. The number of hydrogen-bond acceptors (Lipinski definition) is 4. The van der Waals surface area contributed by atoms with Gasteiger partial charge < -0.3 is 10.6 Å². The van der Waals surface area contributed by atoms with Gasteiger partial charge in [0.15, 0.2) is 11.5 Å². The van der Waals surface area contributed by atoms with Gasteiger partial charge in [0.1, 0.15) is 0 Å². The van der Waals surface area contributed by atoms with E-state index < -0.39 is 0 Å². The van der Waals surface area contributed by atoms with Gasteiger partial charge in [0.25, 0.3) is 0 Å². The van der Waals surface area contributed by atoms with Crippen molar-refractivity contribution >= 4 is 23.4 Å². The molecule has 0 aliphatic heterocycles. The fraction of sp³-hybridized carbons (Fsp3) is 0.278. The molecule has 7 heteroatoms. The SMILES string of the molecule is Cc1ccc(SCCNC(=O)NC(C)c2nnc3ccccn23)cc1. The number of aromatic nitrogens is 3. The topological polar surface area (TPSA) is 71.3 Å². The second-order valence-corrected chi connectivity index (χ2v) is 6.94. The summed E-state index contributed by atoms with van der Waals surface area (Å²) in [4.78, 5) is 13.3. The van der Waals surface area contributed by atoms with Crippen LogP contribution in [0.2, 0.25) is 0 Å². The molecule has 6 nitrogen and oxygen atoms in total. The third kappa shape index (κ3) is 4.51. The molecule has 3 rings (SSSR count). The summed E-state index contributed by atoms with van der Waals surface area (Å²) >= 11 is 1.72. The molecule has 2 N–H and O–H groups in total. The molecule has 3 aromatic rings. The molecule has 1 atom stereocenters.